The fourth-order valence-corrected chi connectivity index (χ4v) is 2.96. The van der Waals surface area contributed by atoms with Crippen molar-refractivity contribution in [1.82, 2.24) is 9.55 Å². The second-order valence-corrected chi connectivity index (χ2v) is 5.83. The Kier molecular flexibility index (Phi) is 4.78. The Bertz CT molecular complexity index is 883. The summed E-state index contributed by atoms with van der Waals surface area (Å²) in [6.07, 6.45) is 2.40. The van der Waals surface area contributed by atoms with Gasteiger partial charge in [-0.15, -0.1) is 0 Å². The molecule has 0 amide bonds. The Labute approximate surface area is 150 Å². The number of imidazole rings is 1. The van der Waals surface area contributed by atoms with Gasteiger partial charge in [0, 0.05) is 38.2 Å². The van der Waals surface area contributed by atoms with Crippen molar-refractivity contribution >= 4 is 35.4 Å². The third-order valence-corrected chi connectivity index (χ3v) is 4.36. The van der Waals surface area contributed by atoms with Crippen LogP contribution in [-0.2, 0) is 19.5 Å². The van der Waals surface area contributed by atoms with Crippen molar-refractivity contribution in [3.05, 3.63) is 29.6 Å². The third kappa shape index (κ3) is 3.23. The molecule has 2 heterocycles. The number of hydrogen-bond donors (Lipinski definition) is 2. The van der Waals surface area contributed by atoms with E-state index in [1.165, 1.54) is 17.4 Å². The van der Waals surface area contributed by atoms with Gasteiger partial charge in [-0.25, -0.2) is 0 Å². The molecule has 0 saturated carbocycles. The molecular weight excluding hydrogens is 336 g/mol. The number of nitrogens with zero attached hydrogens (tertiary/aromatic N) is 6. The molecule has 1 saturated heterocycles. The SMILES string of the molecule is Cn1c(NNc2ccc(N3CCCC3)cc2N=S)nc(C#N)c1C#N. The summed E-state index contributed by atoms with van der Waals surface area (Å²) in [6.45, 7) is 2.09. The molecule has 1 aromatic carbocycles. The van der Waals surface area contributed by atoms with Crippen LogP contribution in [-0.4, -0.2) is 22.6 Å². The molecule has 126 valence electrons. The van der Waals surface area contributed by atoms with E-state index in [-0.39, 0.29) is 11.4 Å². The smallest absolute Gasteiger partial charge is 0.223 e. The zero-order valence-corrected chi connectivity index (χ0v) is 14.5. The number of hydrogen-bond acceptors (Lipinski definition) is 8. The number of benzene rings is 1. The van der Waals surface area contributed by atoms with Crippen molar-refractivity contribution in [2.45, 2.75) is 12.8 Å². The number of aromatic nitrogens is 2. The highest BCUT2D eigenvalue weighted by Gasteiger charge is 2.16. The topological polar surface area (TPSA) is 105 Å². The lowest BCUT2D eigenvalue weighted by Crippen LogP contribution is -2.18. The molecule has 0 radical (unpaired) electrons. The molecule has 2 aromatic rings. The van der Waals surface area contributed by atoms with Crippen molar-refractivity contribution in [1.29, 1.82) is 10.5 Å². The quantitative estimate of drug-likeness (QED) is 0.797. The fraction of sp³-hybridized carbons (Fsp3) is 0.312. The maximum Gasteiger partial charge on any atom is 0.223 e. The molecule has 1 aromatic heterocycles. The molecule has 1 fully saturated rings. The second-order valence-electron chi connectivity index (χ2n) is 5.65. The van der Waals surface area contributed by atoms with E-state index in [1.807, 2.05) is 30.3 Å². The molecule has 0 bridgehead atoms. The van der Waals surface area contributed by atoms with E-state index in [2.05, 4.69) is 25.1 Å². The first-order valence-corrected chi connectivity index (χ1v) is 8.15. The largest absolute Gasteiger partial charge is 0.371 e. The van der Waals surface area contributed by atoms with Crippen LogP contribution in [0.3, 0.4) is 0 Å². The number of nitrogens with one attached hydrogen (secondary N) is 2. The van der Waals surface area contributed by atoms with Gasteiger partial charge in [0.25, 0.3) is 0 Å². The zero-order valence-electron chi connectivity index (χ0n) is 13.7. The molecule has 0 unspecified atom stereocenters. The third-order valence-electron chi connectivity index (χ3n) is 4.17. The van der Waals surface area contributed by atoms with E-state index in [0.717, 1.165) is 18.8 Å². The van der Waals surface area contributed by atoms with Gasteiger partial charge in [0.15, 0.2) is 11.4 Å². The van der Waals surface area contributed by atoms with Crippen molar-refractivity contribution in [2.24, 2.45) is 11.4 Å². The molecule has 2 N–H and O–H groups in total. The van der Waals surface area contributed by atoms with Crippen LogP contribution in [0.5, 0.6) is 0 Å². The van der Waals surface area contributed by atoms with Gasteiger partial charge in [-0.1, -0.05) is 0 Å². The minimum absolute atomic E-state index is 0.0758. The maximum absolute atomic E-state index is 9.10. The molecule has 9 heteroatoms. The average molecular weight is 352 g/mol. The first-order valence-electron chi connectivity index (χ1n) is 7.79. The van der Waals surface area contributed by atoms with Gasteiger partial charge in [-0.2, -0.15) is 19.9 Å². The van der Waals surface area contributed by atoms with E-state index >= 15 is 0 Å². The van der Waals surface area contributed by atoms with E-state index in [9.17, 15) is 0 Å². The molecule has 1 aliphatic rings. The molecule has 0 atom stereocenters. The highest BCUT2D eigenvalue weighted by molar-refractivity contribution is 7.47. The second kappa shape index (κ2) is 7.16. The predicted octanol–water partition coefficient (Wildman–Crippen LogP) is 2.56. The van der Waals surface area contributed by atoms with E-state index in [4.69, 9.17) is 22.9 Å². The Morgan fingerprint density at radius 3 is 2.56 bits per heavy atom. The van der Waals surface area contributed by atoms with Crippen molar-refractivity contribution in [3.63, 3.8) is 0 Å². The number of nitriles is 2. The minimum Gasteiger partial charge on any atom is -0.371 e. The first kappa shape index (κ1) is 16.7. The van der Waals surface area contributed by atoms with Crippen LogP contribution in [0.25, 0.3) is 0 Å². The normalized spacial score (nSPS) is 13.2. The van der Waals surface area contributed by atoms with Gasteiger partial charge < -0.3 is 9.47 Å². The monoisotopic (exact) mass is 352 g/mol. The first-order chi connectivity index (χ1) is 12.2. The van der Waals surface area contributed by atoms with Gasteiger partial charge in [0.05, 0.1) is 5.69 Å². The highest BCUT2D eigenvalue weighted by atomic mass is 32.1. The predicted molar refractivity (Wildman–Crippen MR) is 97.2 cm³/mol. The molecule has 0 spiro atoms. The summed E-state index contributed by atoms with van der Waals surface area (Å²) in [5.41, 5.74) is 8.61. The molecule has 3 rings (SSSR count). The molecule has 25 heavy (non-hydrogen) atoms. The van der Waals surface area contributed by atoms with Crippen LogP contribution in [0.2, 0.25) is 0 Å². The van der Waals surface area contributed by atoms with Crippen molar-refractivity contribution < 1.29 is 0 Å². The summed E-state index contributed by atoms with van der Waals surface area (Å²) >= 11 is 4.89. The number of rotatable bonds is 5. The van der Waals surface area contributed by atoms with Gasteiger partial charge in [0.1, 0.15) is 17.8 Å². The zero-order chi connectivity index (χ0) is 17.8. The Balaban J connectivity index is 1.80. The lowest BCUT2D eigenvalue weighted by Gasteiger charge is -2.19. The van der Waals surface area contributed by atoms with Crippen LogP contribution in [0.4, 0.5) is 23.0 Å². The summed E-state index contributed by atoms with van der Waals surface area (Å²) in [5.74, 6) is 0.354. The average Bonchev–Trinajstić information content (AvgIpc) is 3.27. The Hall–Kier alpha value is -3.17. The van der Waals surface area contributed by atoms with E-state index < -0.39 is 0 Å². The number of anilines is 3. The maximum atomic E-state index is 9.10. The summed E-state index contributed by atoms with van der Waals surface area (Å²) < 4.78 is 5.42. The van der Waals surface area contributed by atoms with Gasteiger partial charge >= 0.3 is 0 Å². The van der Waals surface area contributed by atoms with Crippen LogP contribution in [0, 0.1) is 22.7 Å². The van der Waals surface area contributed by atoms with Crippen LogP contribution < -0.4 is 15.8 Å². The van der Waals surface area contributed by atoms with Crippen LogP contribution in [0.1, 0.15) is 24.2 Å². The van der Waals surface area contributed by atoms with Crippen molar-refractivity contribution in [3.8, 4) is 12.1 Å². The lowest BCUT2D eigenvalue weighted by molar-refractivity contribution is 0.901. The Morgan fingerprint density at radius 1 is 1.20 bits per heavy atom. The summed E-state index contributed by atoms with van der Waals surface area (Å²) in [5, 5.41) is 18.1. The fourth-order valence-electron chi connectivity index (χ4n) is 2.81. The van der Waals surface area contributed by atoms with E-state index in [0.29, 0.717) is 17.3 Å². The lowest BCUT2D eigenvalue weighted by atomic mass is 10.2. The highest BCUT2D eigenvalue weighted by Crippen LogP contribution is 2.31. The summed E-state index contributed by atoms with van der Waals surface area (Å²) in [7, 11) is 1.66. The van der Waals surface area contributed by atoms with Crippen LogP contribution in [0.15, 0.2) is 22.6 Å². The molecular formula is C16H16N8S. The van der Waals surface area contributed by atoms with Gasteiger partial charge in [-0.05, 0) is 31.0 Å². The number of hydrazine groups is 1. The summed E-state index contributed by atoms with van der Waals surface area (Å²) in [6, 6.07) is 9.72. The van der Waals surface area contributed by atoms with Crippen LogP contribution >= 0.6 is 0 Å². The molecule has 0 aliphatic carbocycles. The minimum atomic E-state index is 0.0758. The van der Waals surface area contributed by atoms with Crippen molar-refractivity contribution in [2.75, 3.05) is 28.8 Å². The van der Waals surface area contributed by atoms with Gasteiger partial charge in [0.2, 0.25) is 5.95 Å². The molecule has 8 nitrogen and oxygen atoms in total. The summed E-state index contributed by atoms with van der Waals surface area (Å²) in [4.78, 5) is 6.39. The van der Waals surface area contributed by atoms with Gasteiger partial charge in [-0.3, -0.25) is 10.9 Å². The molecule has 1 aliphatic heterocycles. The standard InChI is InChI=1S/C16H16N8S/c1-23-15(10-18)14(9-17)19-16(23)21-20-12-5-4-11(8-13(12)22-25)24-6-2-3-7-24/h4-5,8,20H,2-3,6-7H2,1H3,(H,19,21). The Morgan fingerprint density at radius 2 is 1.96 bits per heavy atom. The van der Waals surface area contributed by atoms with E-state index in [1.54, 1.807) is 7.05 Å².